The van der Waals surface area contributed by atoms with E-state index >= 15 is 0 Å². The molecule has 2 unspecified atom stereocenters. The maximum absolute atomic E-state index is 5.78. The van der Waals surface area contributed by atoms with Crippen LogP contribution in [0.4, 0.5) is 0 Å². The van der Waals surface area contributed by atoms with Gasteiger partial charge in [0, 0.05) is 18.3 Å². The van der Waals surface area contributed by atoms with Crippen LogP contribution < -0.4 is 5.32 Å². The first-order valence-corrected chi connectivity index (χ1v) is 7.63. The second-order valence-electron chi connectivity index (χ2n) is 5.58. The molecule has 4 nitrogen and oxygen atoms in total. The molecule has 19 heavy (non-hydrogen) atoms. The summed E-state index contributed by atoms with van der Waals surface area (Å²) in [6.07, 6.45) is 9.47. The number of hydrogen-bond donors (Lipinski definition) is 2. The Morgan fingerprint density at radius 2 is 2.42 bits per heavy atom. The minimum atomic E-state index is 0.479. The second-order valence-corrected chi connectivity index (χ2v) is 5.58. The van der Waals surface area contributed by atoms with Crippen molar-refractivity contribution in [3.8, 4) is 0 Å². The van der Waals surface area contributed by atoms with Gasteiger partial charge in [-0.05, 0) is 51.1 Å². The third-order valence-corrected chi connectivity index (χ3v) is 3.97. The van der Waals surface area contributed by atoms with E-state index < -0.39 is 0 Å². The van der Waals surface area contributed by atoms with Crippen LogP contribution in [0.3, 0.4) is 0 Å². The summed E-state index contributed by atoms with van der Waals surface area (Å²) in [6, 6.07) is 0.649. The van der Waals surface area contributed by atoms with Crippen molar-refractivity contribution in [1.82, 2.24) is 15.5 Å². The molecule has 2 atom stereocenters. The monoisotopic (exact) mass is 265 g/mol. The van der Waals surface area contributed by atoms with E-state index in [1.807, 2.05) is 6.20 Å². The average molecular weight is 265 g/mol. The molecule has 2 N–H and O–H groups in total. The molecule has 0 aromatic carbocycles. The molecule has 0 saturated carbocycles. The quantitative estimate of drug-likeness (QED) is 0.745. The van der Waals surface area contributed by atoms with Crippen LogP contribution in [-0.2, 0) is 11.2 Å². The molecule has 1 fully saturated rings. The normalized spacial score (nSPS) is 23.7. The van der Waals surface area contributed by atoms with E-state index in [2.05, 4.69) is 29.4 Å². The van der Waals surface area contributed by atoms with Crippen molar-refractivity contribution in [3.05, 3.63) is 17.5 Å². The predicted octanol–water partition coefficient (Wildman–Crippen LogP) is 2.59. The summed E-state index contributed by atoms with van der Waals surface area (Å²) in [6.45, 7) is 6.33. The molecule has 1 aromatic heterocycles. The molecule has 0 radical (unpaired) electrons. The number of rotatable bonds is 7. The number of nitrogens with one attached hydrogen (secondary N) is 2. The third kappa shape index (κ3) is 4.62. The van der Waals surface area contributed by atoms with E-state index in [1.54, 1.807) is 0 Å². The predicted molar refractivity (Wildman–Crippen MR) is 77.3 cm³/mol. The zero-order chi connectivity index (χ0) is 13.5. The summed E-state index contributed by atoms with van der Waals surface area (Å²) < 4.78 is 5.78. The molecule has 0 amide bonds. The molecule has 0 bridgehead atoms. The van der Waals surface area contributed by atoms with E-state index in [9.17, 15) is 0 Å². The number of hydrogen-bond acceptors (Lipinski definition) is 3. The minimum Gasteiger partial charge on any atom is -0.378 e. The van der Waals surface area contributed by atoms with E-state index in [4.69, 9.17) is 4.74 Å². The Bertz CT molecular complexity index is 362. The Kier molecular flexibility index (Phi) is 5.86. The fourth-order valence-corrected chi connectivity index (χ4v) is 2.80. The topological polar surface area (TPSA) is 49.9 Å². The van der Waals surface area contributed by atoms with Gasteiger partial charge < -0.3 is 10.1 Å². The maximum atomic E-state index is 5.78. The lowest BCUT2D eigenvalue weighted by Crippen LogP contribution is -2.39. The van der Waals surface area contributed by atoms with Crippen molar-refractivity contribution in [2.75, 3.05) is 13.2 Å². The lowest BCUT2D eigenvalue weighted by molar-refractivity contribution is -0.00308. The van der Waals surface area contributed by atoms with Crippen molar-refractivity contribution in [1.29, 1.82) is 0 Å². The largest absolute Gasteiger partial charge is 0.378 e. The SMILES string of the molecule is CCCC1CC(NCCCc2cn[nH]c2C)CCO1. The lowest BCUT2D eigenvalue weighted by Gasteiger charge is -2.30. The number of aromatic nitrogens is 2. The van der Waals surface area contributed by atoms with Crippen LogP contribution in [0.1, 0.15) is 50.3 Å². The molecule has 0 spiro atoms. The zero-order valence-corrected chi connectivity index (χ0v) is 12.2. The highest BCUT2D eigenvalue weighted by molar-refractivity contribution is 5.14. The summed E-state index contributed by atoms with van der Waals surface area (Å²) >= 11 is 0. The fourth-order valence-electron chi connectivity index (χ4n) is 2.80. The highest BCUT2D eigenvalue weighted by Gasteiger charge is 2.21. The third-order valence-electron chi connectivity index (χ3n) is 3.97. The van der Waals surface area contributed by atoms with Gasteiger partial charge in [0.05, 0.1) is 12.3 Å². The molecule has 0 aliphatic carbocycles. The maximum Gasteiger partial charge on any atom is 0.0589 e. The van der Waals surface area contributed by atoms with Gasteiger partial charge in [0.25, 0.3) is 0 Å². The van der Waals surface area contributed by atoms with Gasteiger partial charge in [-0.3, -0.25) is 5.10 Å². The van der Waals surface area contributed by atoms with Gasteiger partial charge in [0.15, 0.2) is 0 Å². The minimum absolute atomic E-state index is 0.479. The van der Waals surface area contributed by atoms with Crippen molar-refractivity contribution >= 4 is 0 Å². The molecule has 1 aliphatic rings. The molecule has 2 heterocycles. The van der Waals surface area contributed by atoms with Crippen LogP contribution in [0.15, 0.2) is 6.20 Å². The highest BCUT2D eigenvalue weighted by atomic mass is 16.5. The summed E-state index contributed by atoms with van der Waals surface area (Å²) in [5.41, 5.74) is 2.55. The molecule has 2 rings (SSSR count). The van der Waals surface area contributed by atoms with Crippen molar-refractivity contribution in [2.24, 2.45) is 0 Å². The summed E-state index contributed by atoms with van der Waals surface area (Å²) in [7, 11) is 0. The molecular weight excluding hydrogens is 238 g/mol. The lowest BCUT2D eigenvalue weighted by atomic mass is 10.00. The van der Waals surface area contributed by atoms with Crippen molar-refractivity contribution in [3.63, 3.8) is 0 Å². The molecule has 108 valence electrons. The van der Waals surface area contributed by atoms with Crippen LogP contribution in [0.2, 0.25) is 0 Å². The average Bonchev–Trinajstić information content (AvgIpc) is 2.81. The Hall–Kier alpha value is -0.870. The second kappa shape index (κ2) is 7.65. The Labute approximate surface area is 116 Å². The standard InChI is InChI=1S/C15H27N3O/c1-3-5-15-10-14(7-9-19-15)16-8-4-6-13-11-17-18-12(13)2/h11,14-16H,3-10H2,1-2H3,(H,17,18). The van der Waals surface area contributed by atoms with Gasteiger partial charge in [-0.15, -0.1) is 0 Å². The van der Waals surface area contributed by atoms with Crippen molar-refractivity contribution < 1.29 is 4.74 Å². The van der Waals surface area contributed by atoms with E-state index in [1.165, 1.54) is 36.9 Å². The van der Waals surface area contributed by atoms with Crippen LogP contribution in [0.25, 0.3) is 0 Å². The van der Waals surface area contributed by atoms with Crippen LogP contribution in [0, 0.1) is 6.92 Å². The molecule has 1 saturated heterocycles. The van der Waals surface area contributed by atoms with Crippen LogP contribution in [0.5, 0.6) is 0 Å². The highest BCUT2D eigenvalue weighted by Crippen LogP contribution is 2.17. The van der Waals surface area contributed by atoms with Gasteiger partial charge in [-0.2, -0.15) is 5.10 Å². The van der Waals surface area contributed by atoms with Gasteiger partial charge in [0.1, 0.15) is 0 Å². The number of nitrogens with zero attached hydrogens (tertiary/aromatic N) is 1. The summed E-state index contributed by atoms with van der Waals surface area (Å²) in [4.78, 5) is 0. The van der Waals surface area contributed by atoms with Crippen LogP contribution >= 0.6 is 0 Å². The van der Waals surface area contributed by atoms with E-state index in [-0.39, 0.29) is 0 Å². The number of ether oxygens (including phenoxy) is 1. The molecule has 1 aliphatic heterocycles. The molecule has 4 heteroatoms. The Balaban J connectivity index is 1.61. The molecule has 1 aromatic rings. The summed E-state index contributed by atoms with van der Waals surface area (Å²) in [5, 5.41) is 10.7. The van der Waals surface area contributed by atoms with Gasteiger partial charge in [-0.1, -0.05) is 13.3 Å². The summed E-state index contributed by atoms with van der Waals surface area (Å²) in [5.74, 6) is 0. The van der Waals surface area contributed by atoms with Gasteiger partial charge in [0.2, 0.25) is 0 Å². The van der Waals surface area contributed by atoms with Crippen molar-refractivity contribution in [2.45, 2.75) is 64.5 Å². The van der Waals surface area contributed by atoms with Gasteiger partial charge in [-0.25, -0.2) is 0 Å². The smallest absolute Gasteiger partial charge is 0.0589 e. The van der Waals surface area contributed by atoms with Gasteiger partial charge >= 0.3 is 0 Å². The van der Waals surface area contributed by atoms with E-state index in [0.717, 1.165) is 26.0 Å². The number of aromatic amines is 1. The first-order valence-electron chi connectivity index (χ1n) is 7.63. The first kappa shape index (κ1) is 14.5. The first-order chi connectivity index (χ1) is 9.29. The zero-order valence-electron chi connectivity index (χ0n) is 12.2. The number of H-pyrrole nitrogens is 1. The van der Waals surface area contributed by atoms with Crippen LogP contribution in [-0.4, -0.2) is 35.5 Å². The fraction of sp³-hybridized carbons (Fsp3) is 0.800. The Morgan fingerprint density at radius 3 is 3.16 bits per heavy atom. The number of aryl methyl sites for hydroxylation is 2. The Morgan fingerprint density at radius 1 is 1.53 bits per heavy atom. The van der Waals surface area contributed by atoms with E-state index in [0.29, 0.717) is 12.1 Å². The molecular formula is C15H27N3O.